The summed E-state index contributed by atoms with van der Waals surface area (Å²) < 4.78 is 28.1. The molecule has 3 N–H and O–H groups in total. The van der Waals surface area contributed by atoms with E-state index in [9.17, 15) is 13.2 Å². The molecule has 1 aromatic carbocycles. The highest BCUT2D eigenvalue weighted by Gasteiger charge is 2.27. The number of carbonyl (C=O) groups excluding carboxylic acids is 1. The molecule has 10 heteroatoms. The smallest absolute Gasteiger partial charge is 0.246 e. The number of anilines is 2. The number of nitrogens with one attached hydrogen (secondary N) is 3. The Morgan fingerprint density at radius 2 is 1.83 bits per heavy atom. The molecule has 1 aliphatic rings. The normalized spacial score (nSPS) is 15.9. The lowest BCUT2D eigenvalue weighted by Crippen LogP contribution is -2.44. The summed E-state index contributed by atoms with van der Waals surface area (Å²) in [7, 11) is -3.84. The van der Waals surface area contributed by atoms with Crippen molar-refractivity contribution in [1.29, 1.82) is 0 Å². The molecule has 1 unspecified atom stereocenters. The van der Waals surface area contributed by atoms with Crippen LogP contribution in [0.4, 0.5) is 11.9 Å². The minimum atomic E-state index is -3.84. The van der Waals surface area contributed by atoms with Crippen LogP contribution in [0.15, 0.2) is 29.2 Å². The highest BCUT2D eigenvalue weighted by atomic mass is 32.2. The second-order valence-corrected chi connectivity index (χ2v) is 9.85. The molecule has 0 radical (unpaired) electrons. The minimum Gasteiger partial charge on any atom is -0.340 e. The molecule has 1 fully saturated rings. The number of nitrogens with zero attached hydrogens (tertiary/aromatic N) is 3. The van der Waals surface area contributed by atoms with E-state index in [-0.39, 0.29) is 16.8 Å². The summed E-state index contributed by atoms with van der Waals surface area (Å²) in [4.78, 5) is 19.4. The number of hydrogen-bond acceptors (Lipinski definition) is 6. The van der Waals surface area contributed by atoms with Crippen LogP contribution in [-0.4, -0.2) is 48.6 Å². The first-order valence-electron chi connectivity index (χ1n) is 10.3. The van der Waals surface area contributed by atoms with Crippen molar-refractivity contribution in [3.63, 3.8) is 0 Å². The Hall–Kier alpha value is -2.46. The van der Waals surface area contributed by atoms with E-state index in [0.29, 0.717) is 12.4 Å². The van der Waals surface area contributed by atoms with Gasteiger partial charge in [0.2, 0.25) is 27.8 Å². The third-order valence-electron chi connectivity index (χ3n) is 5.01. The molecule has 30 heavy (non-hydrogen) atoms. The fraction of sp³-hybridized carbons (Fsp3) is 0.550. The van der Waals surface area contributed by atoms with Crippen molar-refractivity contribution in [3.05, 3.63) is 29.8 Å². The molecule has 0 aliphatic carbocycles. The summed E-state index contributed by atoms with van der Waals surface area (Å²) in [5.74, 6) is 0.398. The van der Waals surface area contributed by atoms with E-state index >= 15 is 0 Å². The van der Waals surface area contributed by atoms with Gasteiger partial charge in [0.05, 0.1) is 4.90 Å². The number of benzene rings is 1. The Morgan fingerprint density at radius 3 is 2.47 bits per heavy atom. The fourth-order valence-corrected chi connectivity index (χ4v) is 4.61. The largest absolute Gasteiger partial charge is 0.340 e. The quantitative estimate of drug-likeness (QED) is 0.587. The van der Waals surface area contributed by atoms with Gasteiger partial charge in [-0.25, -0.2) is 13.5 Å². The lowest BCUT2D eigenvalue weighted by atomic mass is 10.0. The van der Waals surface area contributed by atoms with Gasteiger partial charge in [-0.2, -0.15) is 9.71 Å². The van der Waals surface area contributed by atoms with Gasteiger partial charge < -0.3 is 4.90 Å². The van der Waals surface area contributed by atoms with Crippen molar-refractivity contribution in [1.82, 2.24) is 19.9 Å². The fourth-order valence-electron chi connectivity index (χ4n) is 3.40. The van der Waals surface area contributed by atoms with Crippen LogP contribution in [0.1, 0.15) is 45.1 Å². The van der Waals surface area contributed by atoms with E-state index in [1.807, 2.05) is 20.8 Å². The molecule has 1 amide bonds. The van der Waals surface area contributed by atoms with Crippen molar-refractivity contribution in [2.24, 2.45) is 5.92 Å². The lowest BCUT2D eigenvalue weighted by Gasteiger charge is -2.24. The number of rotatable bonds is 8. The Kier molecular flexibility index (Phi) is 7.09. The van der Waals surface area contributed by atoms with Crippen LogP contribution < -0.4 is 14.9 Å². The summed E-state index contributed by atoms with van der Waals surface area (Å²) in [6.07, 6.45) is 3.73. The monoisotopic (exact) mass is 434 g/mol. The Labute approximate surface area is 177 Å². The van der Waals surface area contributed by atoms with E-state index in [0.717, 1.165) is 31.5 Å². The van der Waals surface area contributed by atoms with Crippen LogP contribution in [0.2, 0.25) is 0 Å². The van der Waals surface area contributed by atoms with Crippen molar-refractivity contribution in [2.75, 3.05) is 23.3 Å². The van der Waals surface area contributed by atoms with Crippen LogP contribution in [0.25, 0.3) is 0 Å². The number of aromatic nitrogens is 3. The molecule has 1 atom stereocenters. The average molecular weight is 435 g/mol. The molecular weight excluding hydrogens is 404 g/mol. The molecule has 0 saturated carbocycles. The molecule has 164 valence electrons. The maximum absolute atomic E-state index is 12.9. The Bertz CT molecular complexity index is 949. The molecule has 1 aromatic heterocycles. The van der Waals surface area contributed by atoms with E-state index in [1.54, 1.807) is 12.1 Å². The summed E-state index contributed by atoms with van der Waals surface area (Å²) >= 11 is 0. The highest BCUT2D eigenvalue weighted by molar-refractivity contribution is 7.89. The molecule has 9 nitrogen and oxygen atoms in total. The van der Waals surface area contributed by atoms with Crippen LogP contribution in [-0.2, 0) is 14.8 Å². The number of aryl methyl sites for hydroxylation is 1. The number of hydrogen-bond donors (Lipinski definition) is 3. The number of H-pyrrole nitrogens is 1. The van der Waals surface area contributed by atoms with E-state index in [2.05, 4.69) is 30.1 Å². The zero-order valence-corrected chi connectivity index (χ0v) is 18.5. The average Bonchev–Trinajstić information content (AvgIpc) is 3.16. The molecule has 2 heterocycles. The summed E-state index contributed by atoms with van der Waals surface area (Å²) in [5, 5.41) is 9.58. The van der Waals surface area contributed by atoms with Crippen LogP contribution in [0, 0.1) is 12.8 Å². The van der Waals surface area contributed by atoms with E-state index in [4.69, 9.17) is 0 Å². The maximum atomic E-state index is 12.9. The summed E-state index contributed by atoms with van der Waals surface area (Å²) in [5.41, 5.74) is 0.959. The molecular formula is C20H30N6O3S. The number of aromatic amines is 1. The van der Waals surface area contributed by atoms with Gasteiger partial charge in [0.25, 0.3) is 0 Å². The van der Waals surface area contributed by atoms with Crippen molar-refractivity contribution in [2.45, 2.75) is 57.4 Å². The second-order valence-electron chi connectivity index (χ2n) is 8.14. The summed E-state index contributed by atoms with van der Waals surface area (Å²) in [6.45, 7) is 7.52. The summed E-state index contributed by atoms with van der Waals surface area (Å²) in [6, 6.07) is 5.58. The van der Waals surface area contributed by atoms with Crippen molar-refractivity contribution >= 4 is 27.8 Å². The third-order valence-corrected chi connectivity index (χ3v) is 6.49. The molecule has 0 bridgehead atoms. The standard InChI is InChI=1S/C20H30N6O3S/c1-14(2)13-17(25-30(28,29)16-9-7-15(3)8-10-16)18(27)21-19-22-20(24-23-19)26-11-5-4-6-12-26/h7-10,14,17,25H,4-6,11-13H2,1-3H3,(H2,21,22,23,24,27). The SMILES string of the molecule is Cc1ccc(S(=O)(=O)NC(CC(C)C)C(=O)Nc2nc(N3CCCCC3)n[nH]2)cc1. The first-order chi connectivity index (χ1) is 14.2. The number of piperidine rings is 1. The van der Waals surface area contributed by atoms with Crippen molar-refractivity contribution in [3.8, 4) is 0 Å². The van der Waals surface area contributed by atoms with Crippen LogP contribution >= 0.6 is 0 Å². The number of amides is 1. The van der Waals surface area contributed by atoms with Gasteiger partial charge in [-0.15, -0.1) is 5.10 Å². The van der Waals surface area contributed by atoms with E-state index in [1.165, 1.54) is 18.6 Å². The first kappa shape index (κ1) is 22.2. The third kappa shape index (κ3) is 5.79. The topological polar surface area (TPSA) is 120 Å². The number of carbonyl (C=O) groups is 1. The predicted octanol–water partition coefficient (Wildman–Crippen LogP) is 2.44. The maximum Gasteiger partial charge on any atom is 0.246 e. The molecule has 0 spiro atoms. The lowest BCUT2D eigenvalue weighted by molar-refractivity contribution is -0.118. The van der Waals surface area contributed by atoms with Gasteiger partial charge in [-0.3, -0.25) is 10.1 Å². The van der Waals surface area contributed by atoms with Gasteiger partial charge in [0.15, 0.2) is 0 Å². The highest BCUT2D eigenvalue weighted by Crippen LogP contribution is 2.18. The Balaban J connectivity index is 1.71. The number of sulfonamides is 1. The second kappa shape index (κ2) is 9.57. The molecule has 1 saturated heterocycles. The van der Waals surface area contributed by atoms with Gasteiger partial charge >= 0.3 is 0 Å². The van der Waals surface area contributed by atoms with Gasteiger partial charge in [-0.1, -0.05) is 31.5 Å². The van der Waals surface area contributed by atoms with Gasteiger partial charge in [0, 0.05) is 13.1 Å². The van der Waals surface area contributed by atoms with E-state index < -0.39 is 22.0 Å². The zero-order chi connectivity index (χ0) is 21.7. The molecule has 1 aliphatic heterocycles. The first-order valence-corrected chi connectivity index (χ1v) is 11.8. The van der Waals surface area contributed by atoms with Crippen molar-refractivity contribution < 1.29 is 13.2 Å². The predicted molar refractivity (Wildman–Crippen MR) is 116 cm³/mol. The van der Waals surface area contributed by atoms with Crippen LogP contribution in [0.3, 0.4) is 0 Å². The molecule has 2 aromatic rings. The van der Waals surface area contributed by atoms with Gasteiger partial charge in [-0.05, 0) is 50.7 Å². The van der Waals surface area contributed by atoms with Crippen LogP contribution in [0.5, 0.6) is 0 Å². The zero-order valence-electron chi connectivity index (χ0n) is 17.7. The minimum absolute atomic E-state index is 0.111. The Morgan fingerprint density at radius 1 is 1.17 bits per heavy atom. The molecule has 3 rings (SSSR count). The van der Waals surface area contributed by atoms with Gasteiger partial charge in [0.1, 0.15) is 6.04 Å².